The number of para-hydroxylation sites is 1. The van der Waals surface area contributed by atoms with Gasteiger partial charge in [0.2, 0.25) is 0 Å². The molecule has 2 rings (SSSR count). The smallest absolute Gasteiger partial charge is 0.345 e. The summed E-state index contributed by atoms with van der Waals surface area (Å²) in [5.74, 6) is -0.451. The second-order valence-corrected chi connectivity index (χ2v) is 4.89. The third-order valence-electron chi connectivity index (χ3n) is 3.08. The van der Waals surface area contributed by atoms with Gasteiger partial charge >= 0.3 is 5.97 Å². The van der Waals surface area contributed by atoms with Gasteiger partial charge in [-0.1, -0.05) is 41.9 Å². The summed E-state index contributed by atoms with van der Waals surface area (Å²) < 4.78 is 5.53. The fourth-order valence-electron chi connectivity index (χ4n) is 1.92. The van der Waals surface area contributed by atoms with Crippen LogP contribution in [0.5, 0.6) is 5.75 Å². The van der Waals surface area contributed by atoms with Gasteiger partial charge in [0.05, 0.1) is 0 Å². The average Bonchev–Trinajstić information content (AvgIpc) is 2.44. The minimum absolute atomic E-state index is 0.274. The molecule has 0 aliphatic carbocycles. The first kappa shape index (κ1) is 14.4. The van der Waals surface area contributed by atoms with Crippen LogP contribution in [0.15, 0.2) is 48.5 Å². The normalized spacial score (nSPS) is 11.9. The fraction of sp³-hybridized carbons (Fsp3) is 0.188. The van der Waals surface area contributed by atoms with E-state index in [1.54, 1.807) is 30.3 Å². The zero-order chi connectivity index (χ0) is 14.5. The van der Waals surface area contributed by atoms with Crippen molar-refractivity contribution in [2.45, 2.75) is 19.4 Å². The molecule has 3 nitrogen and oxygen atoms in total. The van der Waals surface area contributed by atoms with Crippen molar-refractivity contribution in [3.8, 4) is 5.75 Å². The molecule has 1 N–H and O–H groups in total. The second kappa shape index (κ2) is 6.44. The Hall–Kier alpha value is -2.00. The van der Waals surface area contributed by atoms with Crippen molar-refractivity contribution in [2.75, 3.05) is 0 Å². The lowest BCUT2D eigenvalue weighted by Gasteiger charge is -2.16. The molecule has 2 aromatic rings. The van der Waals surface area contributed by atoms with Gasteiger partial charge in [-0.05, 0) is 36.2 Å². The zero-order valence-corrected chi connectivity index (χ0v) is 11.8. The number of hydrogen-bond acceptors (Lipinski definition) is 2. The van der Waals surface area contributed by atoms with Crippen molar-refractivity contribution < 1.29 is 14.6 Å². The highest BCUT2D eigenvalue weighted by molar-refractivity contribution is 6.31. The van der Waals surface area contributed by atoms with E-state index >= 15 is 0 Å². The molecule has 0 spiro atoms. The summed E-state index contributed by atoms with van der Waals surface area (Å²) in [4.78, 5) is 11.3. The molecule has 0 saturated carbocycles. The van der Waals surface area contributed by atoms with E-state index in [1.807, 2.05) is 25.1 Å². The molecule has 0 radical (unpaired) electrons. The van der Waals surface area contributed by atoms with Crippen LogP contribution in [-0.2, 0) is 11.2 Å². The molecule has 0 bridgehead atoms. The Kier molecular flexibility index (Phi) is 4.64. The van der Waals surface area contributed by atoms with Crippen molar-refractivity contribution in [1.29, 1.82) is 0 Å². The van der Waals surface area contributed by atoms with Crippen LogP contribution in [0.2, 0.25) is 5.02 Å². The Morgan fingerprint density at radius 3 is 2.55 bits per heavy atom. The van der Waals surface area contributed by atoms with Crippen LogP contribution < -0.4 is 4.74 Å². The monoisotopic (exact) mass is 290 g/mol. The number of rotatable bonds is 5. The van der Waals surface area contributed by atoms with Crippen molar-refractivity contribution in [3.05, 3.63) is 64.7 Å². The van der Waals surface area contributed by atoms with Crippen molar-refractivity contribution in [1.82, 2.24) is 0 Å². The van der Waals surface area contributed by atoms with Crippen molar-refractivity contribution in [3.63, 3.8) is 0 Å². The minimum Gasteiger partial charge on any atom is -0.478 e. The Morgan fingerprint density at radius 2 is 1.90 bits per heavy atom. The molecule has 104 valence electrons. The molecule has 0 aliphatic rings. The molecule has 2 aromatic carbocycles. The Labute approximate surface area is 122 Å². The average molecular weight is 291 g/mol. The topological polar surface area (TPSA) is 46.5 Å². The zero-order valence-electron chi connectivity index (χ0n) is 11.0. The summed E-state index contributed by atoms with van der Waals surface area (Å²) in [6.07, 6.45) is -0.661. The maximum atomic E-state index is 11.3. The Bertz CT molecular complexity index is 596. The largest absolute Gasteiger partial charge is 0.478 e. The van der Waals surface area contributed by atoms with Gasteiger partial charge in [0.25, 0.3) is 0 Å². The number of ether oxygens (including phenoxy) is 1. The first-order valence-electron chi connectivity index (χ1n) is 6.26. The van der Waals surface area contributed by atoms with E-state index in [-0.39, 0.29) is 6.42 Å². The highest BCUT2D eigenvalue weighted by Crippen LogP contribution is 2.21. The van der Waals surface area contributed by atoms with Gasteiger partial charge in [0.15, 0.2) is 6.10 Å². The SMILES string of the molecule is Cc1c(Cl)cccc1C[C@H](Oc1ccccc1)C(=O)O. The number of carboxylic acid groups (broad SMARTS) is 1. The van der Waals surface area contributed by atoms with E-state index in [0.717, 1.165) is 11.1 Å². The predicted octanol–water partition coefficient (Wildman–Crippen LogP) is 3.72. The standard InChI is InChI=1S/C16H15ClO3/c1-11-12(6-5-9-14(11)17)10-15(16(18)19)20-13-7-3-2-4-8-13/h2-9,15H,10H2,1H3,(H,18,19)/t15-/m0/s1. The maximum absolute atomic E-state index is 11.3. The highest BCUT2D eigenvalue weighted by Gasteiger charge is 2.21. The summed E-state index contributed by atoms with van der Waals surface area (Å²) >= 11 is 6.05. The third-order valence-corrected chi connectivity index (χ3v) is 3.49. The van der Waals surface area contributed by atoms with Gasteiger partial charge in [-0.3, -0.25) is 0 Å². The van der Waals surface area contributed by atoms with Crippen LogP contribution in [0.1, 0.15) is 11.1 Å². The summed E-state index contributed by atoms with van der Waals surface area (Å²) in [5.41, 5.74) is 1.76. The van der Waals surface area contributed by atoms with E-state index in [1.165, 1.54) is 0 Å². The lowest BCUT2D eigenvalue weighted by molar-refractivity contribution is -0.145. The van der Waals surface area contributed by atoms with E-state index in [2.05, 4.69) is 0 Å². The summed E-state index contributed by atoms with van der Waals surface area (Å²) in [6.45, 7) is 1.87. The molecule has 4 heteroatoms. The minimum atomic E-state index is -0.992. The third kappa shape index (κ3) is 3.52. The molecule has 0 aromatic heterocycles. The Morgan fingerprint density at radius 1 is 1.20 bits per heavy atom. The van der Waals surface area contributed by atoms with Crippen LogP contribution in [0, 0.1) is 6.92 Å². The fourth-order valence-corrected chi connectivity index (χ4v) is 2.11. The van der Waals surface area contributed by atoms with Gasteiger partial charge < -0.3 is 9.84 Å². The van der Waals surface area contributed by atoms with Crippen LogP contribution in [0.25, 0.3) is 0 Å². The van der Waals surface area contributed by atoms with E-state index in [4.69, 9.17) is 16.3 Å². The number of hydrogen-bond donors (Lipinski definition) is 1. The molecule has 0 fully saturated rings. The van der Waals surface area contributed by atoms with Gasteiger partial charge in [0, 0.05) is 11.4 Å². The Balaban J connectivity index is 2.18. The van der Waals surface area contributed by atoms with E-state index < -0.39 is 12.1 Å². The molecule has 0 heterocycles. The van der Waals surface area contributed by atoms with Crippen LogP contribution in [0.3, 0.4) is 0 Å². The quantitative estimate of drug-likeness (QED) is 0.913. The molecular formula is C16H15ClO3. The van der Waals surface area contributed by atoms with E-state index in [0.29, 0.717) is 10.8 Å². The van der Waals surface area contributed by atoms with Gasteiger partial charge in [-0.25, -0.2) is 4.79 Å². The van der Waals surface area contributed by atoms with Gasteiger partial charge in [0.1, 0.15) is 5.75 Å². The van der Waals surface area contributed by atoms with Crippen LogP contribution >= 0.6 is 11.6 Å². The number of carbonyl (C=O) groups is 1. The highest BCUT2D eigenvalue weighted by atomic mass is 35.5. The number of benzene rings is 2. The van der Waals surface area contributed by atoms with Crippen molar-refractivity contribution in [2.24, 2.45) is 0 Å². The summed E-state index contributed by atoms with van der Waals surface area (Å²) in [6, 6.07) is 14.4. The van der Waals surface area contributed by atoms with Gasteiger partial charge in [-0.15, -0.1) is 0 Å². The maximum Gasteiger partial charge on any atom is 0.345 e. The molecular weight excluding hydrogens is 276 g/mol. The lowest BCUT2D eigenvalue weighted by Crippen LogP contribution is -2.29. The second-order valence-electron chi connectivity index (χ2n) is 4.49. The van der Waals surface area contributed by atoms with Gasteiger partial charge in [-0.2, -0.15) is 0 Å². The van der Waals surface area contributed by atoms with Crippen molar-refractivity contribution >= 4 is 17.6 Å². The molecule has 0 amide bonds. The molecule has 20 heavy (non-hydrogen) atoms. The first-order valence-corrected chi connectivity index (χ1v) is 6.64. The lowest BCUT2D eigenvalue weighted by atomic mass is 10.0. The molecule has 0 unspecified atom stereocenters. The molecule has 1 atom stereocenters. The summed E-state index contributed by atoms with van der Waals surface area (Å²) in [5, 5.41) is 9.93. The van der Waals surface area contributed by atoms with Crippen LogP contribution in [-0.4, -0.2) is 17.2 Å². The number of aliphatic carboxylic acids is 1. The predicted molar refractivity (Wildman–Crippen MR) is 78.4 cm³/mol. The van der Waals surface area contributed by atoms with E-state index in [9.17, 15) is 9.90 Å². The van der Waals surface area contributed by atoms with Crippen LogP contribution in [0.4, 0.5) is 0 Å². The number of carboxylic acids is 1. The number of halogens is 1. The molecule has 0 saturated heterocycles. The summed E-state index contributed by atoms with van der Waals surface area (Å²) in [7, 11) is 0. The molecule has 0 aliphatic heterocycles. The first-order chi connectivity index (χ1) is 9.58.